The van der Waals surface area contributed by atoms with Crippen LogP contribution in [-0.2, 0) is 17.6 Å². The molecule has 1 unspecified atom stereocenters. The predicted octanol–water partition coefficient (Wildman–Crippen LogP) is 4.45. The Labute approximate surface area is 163 Å². The lowest BCUT2D eigenvalue weighted by Crippen LogP contribution is -2.28. The molecular formula is C20H20ClN3OS. The number of thioether (sulfide) groups is 1. The van der Waals surface area contributed by atoms with Gasteiger partial charge in [-0.15, -0.1) is 0 Å². The average molecular weight is 386 g/mol. The van der Waals surface area contributed by atoms with Gasteiger partial charge in [-0.25, -0.2) is 4.98 Å². The zero-order valence-corrected chi connectivity index (χ0v) is 16.2. The van der Waals surface area contributed by atoms with Gasteiger partial charge in [-0.3, -0.25) is 4.79 Å². The van der Waals surface area contributed by atoms with Crippen molar-refractivity contribution in [1.82, 2.24) is 10.3 Å². The molecule has 134 valence electrons. The summed E-state index contributed by atoms with van der Waals surface area (Å²) in [5.74, 6) is 0.152. The Morgan fingerprint density at radius 2 is 2.08 bits per heavy atom. The first-order valence-corrected chi connectivity index (χ1v) is 10.0. The molecule has 1 N–H and O–H groups in total. The minimum absolute atomic E-state index is 0.0825. The minimum atomic E-state index is -0.104. The molecular weight excluding hydrogens is 366 g/mol. The fourth-order valence-corrected chi connectivity index (χ4v) is 3.97. The summed E-state index contributed by atoms with van der Waals surface area (Å²) >= 11 is 7.22. The Balaban J connectivity index is 1.62. The summed E-state index contributed by atoms with van der Waals surface area (Å²) in [5, 5.41) is 13.7. The number of rotatable bonds is 5. The number of benzene rings is 1. The third-order valence-corrected chi connectivity index (χ3v) is 5.72. The standard InChI is InChI=1S/C20H20ClN3OS/c1-13(14-6-8-17(21)9-7-14)23-19(25)12-26-20-16(11-22)10-15-4-2-3-5-18(15)24-20/h6-10,13H,2-5,12H2,1H3,(H,23,25). The van der Waals surface area contributed by atoms with E-state index in [-0.39, 0.29) is 17.7 Å². The van der Waals surface area contributed by atoms with Gasteiger partial charge >= 0.3 is 0 Å². The van der Waals surface area contributed by atoms with Gasteiger partial charge in [0, 0.05) is 10.7 Å². The normalized spacial score (nSPS) is 14.2. The minimum Gasteiger partial charge on any atom is -0.349 e. The predicted molar refractivity (Wildman–Crippen MR) is 104 cm³/mol. The van der Waals surface area contributed by atoms with E-state index in [2.05, 4.69) is 16.4 Å². The molecule has 26 heavy (non-hydrogen) atoms. The van der Waals surface area contributed by atoms with Crippen molar-refractivity contribution in [2.45, 2.75) is 43.7 Å². The molecule has 1 aliphatic carbocycles. The van der Waals surface area contributed by atoms with Gasteiger partial charge in [0.1, 0.15) is 11.1 Å². The zero-order chi connectivity index (χ0) is 18.5. The number of hydrogen-bond donors (Lipinski definition) is 1. The summed E-state index contributed by atoms with van der Waals surface area (Å²) in [6.45, 7) is 1.93. The van der Waals surface area contributed by atoms with Crippen molar-refractivity contribution in [2.24, 2.45) is 0 Å². The molecule has 6 heteroatoms. The highest BCUT2D eigenvalue weighted by atomic mass is 35.5. The van der Waals surface area contributed by atoms with Crippen LogP contribution in [0.15, 0.2) is 35.4 Å². The quantitative estimate of drug-likeness (QED) is 0.772. The summed E-state index contributed by atoms with van der Waals surface area (Å²) < 4.78 is 0. The molecule has 1 aromatic heterocycles. The smallest absolute Gasteiger partial charge is 0.230 e. The van der Waals surface area contributed by atoms with Crippen molar-refractivity contribution in [1.29, 1.82) is 5.26 Å². The van der Waals surface area contributed by atoms with Crippen LogP contribution in [0.25, 0.3) is 0 Å². The van der Waals surface area contributed by atoms with Crippen molar-refractivity contribution in [2.75, 3.05) is 5.75 Å². The number of fused-ring (bicyclic) bond motifs is 1. The maximum atomic E-state index is 12.3. The van der Waals surface area contributed by atoms with E-state index in [1.54, 1.807) is 0 Å². The number of nitriles is 1. The Hall–Kier alpha value is -2.03. The van der Waals surface area contributed by atoms with E-state index in [0.29, 0.717) is 15.6 Å². The molecule has 0 radical (unpaired) electrons. The molecule has 0 spiro atoms. The maximum Gasteiger partial charge on any atom is 0.230 e. The number of nitrogens with zero attached hydrogens (tertiary/aromatic N) is 2. The first kappa shape index (κ1) is 18.8. The van der Waals surface area contributed by atoms with Crippen LogP contribution in [0, 0.1) is 11.3 Å². The molecule has 0 fully saturated rings. The van der Waals surface area contributed by atoms with Crippen molar-refractivity contribution in [3.05, 3.63) is 57.7 Å². The second-order valence-electron chi connectivity index (χ2n) is 6.40. The number of carbonyl (C=O) groups is 1. The molecule has 1 atom stereocenters. The van der Waals surface area contributed by atoms with E-state index in [1.165, 1.54) is 17.3 Å². The first-order valence-electron chi connectivity index (χ1n) is 8.67. The second kappa shape index (κ2) is 8.57. The van der Waals surface area contributed by atoms with Crippen LogP contribution in [0.2, 0.25) is 5.02 Å². The fraction of sp³-hybridized carbons (Fsp3) is 0.350. The highest BCUT2D eigenvalue weighted by Crippen LogP contribution is 2.27. The zero-order valence-electron chi connectivity index (χ0n) is 14.6. The van der Waals surface area contributed by atoms with Crippen LogP contribution in [0.1, 0.15) is 48.2 Å². The number of carbonyl (C=O) groups excluding carboxylic acids is 1. The Morgan fingerprint density at radius 1 is 1.35 bits per heavy atom. The third-order valence-electron chi connectivity index (χ3n) is 4.47. The van der Waals surface area contributed by atoms with Gasteiger partial charge in [0.05, 0.1) is 17.4 Å². The van der Waals surface area contributed by atoms with E-state index in [9.17, 15) is 10.1 Å². The lowest BCUT2D eigenvalue weighted by molar-refractivity contribution is -0.119. The van der Waals surface area contributed by atoms with Gasteiger partial charge in [-0.05, 0) is 61.9 Å². The van der Waals surface area contributed by atoms with E-state index in [0.717, 1.165) is 36.9 Å². The number of aromatic nitrogens is 1. The van der Waals surface area contributed by atoms with E-state index >= 15 is 0 Å². The van der Waals surface area contributed by atoms with E-state index in [4.69, 9.17) is 11.6 Å². The van der Waals surface area contributed by atoms with Crippen molar-refractivity contribution < 1.29 is 4.79 Å². The van der Waals surface area contributed by atoms with Crippen LogP contribution in [0.3, 0.4) is 0 Å². The number of aryl methyl sites for hydroxylation is 2. The van der Waals surface area contributed by atoms with Gasteiger partial charge in [0.25, 0.3) is 0 Å². The Kier molecular flexibility index (Phi) is 6.18. The molecule has 0 saturated carbocycles. The molecule has 4 nitrogen and oxygen atoms in total. The van der Waals surface area contributed by atoms with Gasteiger partial charge in [-0.1, -0.05) is 35.5 Å². The Morgan fingerprint density at radius 3 is 2.81 bits per heavy atom. The van der Waals surface area contributed by atoms with Crippen LogP contribution in [0.5, 0.6) is 0 Å². The summed E-state index contributed by atoms with van der Waals surface area (Å²) in [6, 6.07) is 11.5. The van der Waals surface area contributed by atoms with E-state index < -0.39 is 0 Å². The maximum absolute atomic E-state index is 12.3. The summed E-state index contributed by atoms with van der Waals surface area (Å²) in [6.07, 6.45) is 4.22. The molecule has 0 bridgehead atoms. The van der Waals surface area contributed by atoms with Crippen LogP contribution < -0.4 is 5.32 Å². The fourth-order valence-electron chi connectivity index (χ4n) is 3.06. The van der Waals surface area contributed by atoms with Gasteiger partial charge in [0.2, 0.25) is 5.91 Å². The molecule has 0 aliphatic heterocycles. The molecule has 1 aromatic carbocycles. The summed E-state index contributed by atoms with van der Waals surface area (Å²) in [4.78, 5) is 16.9. The average Bonchev–Trinajstić information content (AvgIpc) is 2.66. The molecule has 3 rings (SSSR count). The largest absolute Gasteiger partial charge is 0.349 e. The van der Waals surface area contributed by atoms with Gasteiger partial charge < -0.3 is 5.32 Å². The van der Waals surface area contributed by atoms with Gasteiger partial charge in [0.15, 0.2) is 0 Å². The highest BCUT2D eigenvalue weighted by molar-refractivity contribution is 8.00. The topological polar surface area (TPSA) is 65.8 Å². The SMILES string of the molecule is CC(NC(=O)CSc1nc2c(cc1C#N)CCCC2)c1ccc(Cl)cc1. The lowest BCUT2D eigenvalue weighted by Gasteiger charge is -2.17. The van der Waals surface area contributed by atoms with Crippen LogP contribution >= 0.6 is 23.4 Å². The summed E-state index contributed by atoms with van der Waals surface area (Å²) in [7, 11) is 0. The molecule has 2 aromatic rings. The van der Waals surface area contributed by atoms with Crippen LogP contribution in [-0.4, -0.2) is 16.6 Å². The molecule has 1 amide bonds. The number of pyridine rings is 1. The lowest BCUT2D eigenvalue weighted by atomic mass is 9.95. The van der Waals surface area contributed by atoms with Crippen molar-refractivity contribution in [3.63, 3.8) is 0 Å². The molecule has 1 aliphatic rings. The number of nitrogens with one attached hydrogen (secondary N) is 1. The third kappa shape index (κ3) is 4.57. The summed E-state index contributed by atoms with van der Waals surface area (Å²) in [5.41, 5.74) is 3.82. The number of halogens is 1. The number of hydrogen-bond acceptors (Lipinski definition) is 4. The second-order valence-corrected chi connectivity index (χ2v) is 7.80. The van der Waals surface area contributed by atoms with Gasteiger partial charge in [-0.2, -0.15) is 5.26 Å². The number of amides is 1. The molecule has 1 heterocycles. The van der Waals surface area contributed by atoms with Crippen LogP contribution in [0.4, 0.5) is 0 Å². The molecule has 0 saturated heterocycles. The van der Waals surface area contributed by atoms with E-state index in [1.807, 2.05) is 37.3 Å². The van der Waals surface area contributed by atoms with Crippen molar-refractivity contribution >= 4 is 29.3 Å². The van der Waals surface area contributed by atoms with Crippen molar-refractivity contribution in [3.8, 4) is 6.07 Å². The monoisotopic (exact) mass is 385 g/mol. The highest BCUT2D eigenvalue weighted by Gasteiger charge is 2.17. The first-order chi connectivity index (χ1) is 12.6. The Bertz CT molecular complexity index is 845.